The first-order valence-corrected chi connectivity index (χ1v) is 11.3. The van der Waals surface area contributed by atoms with Crippen LogP contribution in [0.2, 0.25) is 0 Å². The smallest absolute Gasteiger partial charge is 0.410 e. The highest BCUT2D eigenvalue weighted by Crippen LogP contribution is 2.47. The number of aromatic amines is 1. The van der Waals surface area contributed by atoms with Crippen LogP contribution in [0.4, 0.5) is 14.9 Å². The van der Waals surface area contributed by atoms with E-state index >= 15 is 0 Å². The molecule has 0 spiro atoms. The van der Waals surface area contributed by atoms with E-state index in [1.54, 1.807) is 17.2 Å². The molecule has 0 saturated heterocycles. The van der Waals surface area contributed by atoms with E-state index < -0.39 is 5.60 Å². The second kappa shape index (κ2) is 7.61. The molecule has 2 aromatic heterocycles. The molecule has 0 bridgehead atoms. The SMILES string of the molecule is CC1c2c(C3=CCN(C(=O)OC(C)(C)C)CC3)[nH]c3nccc(c23)-c2cc(F)ccc2N1C. The maximum absolute atomic E-state index is 14.2. The molecule has 0 radical (unpaired) electrons. The van der Waals surface area contributed by atoms with E-state index in [-0.39, 0.29) is 18.0 Å². The fraction of sp³-hybridized carbons (Fsp3) is 0.385. The molecule has 1 aromatic carbocycles. The van der Waals surface area contributed by atoms with Crippen molar-refractivity contribution in [1.29, 1.82) is 0 Å². The number of anilines is 1. The van der Waals surface area contributed by atoms with Crippen LogP contribution in [0.15, 0.2) is 36.5 Å². The quantitative estimate of drug-likeness (QED) is 0.503. The van der Waals surface area contributed by atoms with Crippen LogP contribution in [0.3, 0.4) is 0 Å². The van der Waals surface area contributed by atoms with Crippen molar-refractivity contribution in [3.05, 3.63) is 53.6 Å². The van der Waals surface area contributed by atoms with E-state index in [9.17, 15) is 9.18 Å². The predicted octanol–water partition coefficient (Wildman–Crippen LogP) is 5.90. The second-order valence-corrected chi connectivity index (χ2v) is 9.85. The molecule has 33 heavy (non-hydrogen) atoms. The minimum atomic E-state index is -0.517. The monoisotopic (exact) mass is 448 g/mol. The number of carbonyl (C=O) groups is 1. The summed E-state index contributed by atoms with van der Waals surface area (Å²) in [5.41, 5.74) is 6.48. The van der Waals surface area contributed by atoms with Crippen molar-refractivity contribution in [1.82, 2.24) is 14.9 Å². The number of pyridine rings is 1. The lowest BCUT2D eigenvalue weighted by Crippen LogP contribution is -2.39. The Kier molecular flexibility index (Phi) is 4.96. The molecule has 1 amide bonds. The first-order chi connectivity index (χ1) is 15.6. The van der Waals surface area contributed by atoms with E-state index in [4.69, 9.17) is 4.74 Å². The summed E-state index contributed by atoms with van der Waals surface area (Å²) in [4.78, 5) is 24.5. The first-order valence-electron chi connectivity index (χ1n) is 11.3. The van der Waals surface area contributed by atoms with Crippen LogP contribution < -0.4 is 4.90 Å². The largest absolute Gasteiger partial charge is 0.444 e. The third-order valence-electron chi connectivity index (χ3n) is 6.54. The van der Waals surface area contributed by atoms with Crippen LogP contribution in [0.25, 0.3) is 27.7 Å². The maximum Gasteiger partial charge on any atom is 0.410 e. The Morgan fingerprint density at radius 1 is 1.24 bits per heavy atom. The zero-order valence-electron chi connectivity index (χ0n) is 19.7. The summed E-state index contributed by atoms with van der Waals surface area (Å²) >= 11 is 0. The fourth-order valence-electron chi connectivity index (χ4n) is 4.86. The van der Waals surface area contributed by atoms with Crippen molar-refractivity contribution in [3.8, 4) is 11.1 Å². The van der Waals surface area contributed by atoms with Crippen LogP contribution in [0, 0.1) is 5.82 Å². The highest BCUT2D eigenvalue weighted by molar-refractivity contribution is 6.03. The maximum atomic E-state index is 14.2. The Labute approximate surface area is 193 Å². The number of halogens is 1. The summed E-state index contributed by atoms with van der Waals surface area (Å²) in [5.74, 6) is -0.254. The van der Waals surface area contributed by atoms with Crippen LogP contribution in [-0.4, -0.2) is 46.7 Å². The minimum Gasteiger partial charge on any atom is -0.444 e. The van der Waals surface area contributed by atoms with E-state index in [2.05, 4.69) is 27.9 Å². The molecule has 1 N–H and O–H groups in total. The lowest BCUT2D eigenvalue weighted by molar-refractivity contribution is 0.0270. The number of nitrogens with one attached hydrogen (secondary N) is 1. The molecule has 7 heteroatoms. The summed E-state index contributed by atoms with van der Waals surface area (Å²) in [7, 11) is 2.04. The standard InChI is InChI=1S/C26H29FN4O2/c1-15-21-22-18(19-14-17(27)6-7-20(19)30(15)5)8-11-28-24(22)29-23(21)16-9-12-31(13-10-16)25(32)33-26(2,3)4/h6-9,11,14-15H,10,12-13H2,1-5H3,(H,28,29). The van der Waals surface area contributed by atoms with Crippen LogP contribution in [-0.2, 0) is 4.74 Å². The highest BCUT2D eigenvalue weighted by atomic mass is 19.1. The second-order valence-electron chi connectivity index (χ2n) is 9.85. The van der Waals surface area contributed by atoms with Gasteiger partial charge in [-0.3, -0.25) is 0 Å². The van der Waals surface area contributed by atoms with Gasteiger partial charge in [-0.15, -0.1) is 0 Å². The van der Waals surface area contributed by atoms with Crippen LogP contribution >= 0.6 is 0 Å². The Hall–Kier alpha value is -3.35. The van der Waals surface area contributed by atoms with Gasteiger partial charge in [-0.1, -0.05) is 6.08 Å². The van der Waals surface area contributed by atoms with Gasteiger partial charge in [0.05, 0.1) is 6.04 Å². The average Bonchev–Trinajstić information content (AvgIpc) is 3.13. The molecule has 6 nitrogen and oxygen atoms in total. The Balaban J connectivity index is 1.58. The number of ether oxygens (including phenoxy) is 1. The predicted molar refractivity (Wildman–Crippen MR) is 129 cm³/mol. The molecule has 0 saturated carbocycles. The van der Waals surface area contributed by atoms with Gasteiger partial charge in [-0.05, 0) is 69.5 Å². The number of aromatic nitrogens is 2. The van der Waals surface area contributed by atoms with Gasteiger partial charge < -0.3 is 19.5 Å². The van der Waals surface area contributed by atoms with Gasteiger partial charge in [-0.25, -0.2) is 14.2 Å². The molecule has 4 heterocycles. The molecular weight excluding hydrogens is 419 g/mol. The normalized spacial score (nSPS) is 18.1. The van der Waals surface area contributed by atoms with Gasteiger partial charge in [0.15, 0.2) is 0 Å². The van der Waals surface area contributed by atoms with E-state index in [0.717, 1.165) is 44.7 Å². The summed E-state index contributed by atoms with van der Waals surface area (Å²) in [6.45, 7) is 8.88. The lowest BCUT2D eigenvalue weighted by atomic mass is 9.95. The van der Waals surface area contributed by atoms with Gasteiger partial charge in [0, 0.05) is 54.2 Å². The third-order valence-corrected chi connectivity index (χ3v) is 6.54. The molecule has 1 atom stereocenters. The number of fused-ring (bicyclic) bond motifs is 2. The van der Waals surface area contributed by atoms with Gasteiger partial charge in [-0.2, -0.15) is 0 Å². The number of hydrogen-bond donors (Lipinski definition) is 1. The lowest BCUT2D eigenvalue weighted by Gasteiger charge is -2.31. The number of nitrogens with zero attached hydrogens (tertiary/aromatic N) is 3. The zero-order chi connectivity index (χ0) is 23.5. The van der Waals surface area contributed by atoms with Crippen molar-refractivity contribution in [2.45, 2.75) is 45.8 Å². The number of carbonyl (C=O) groups excluding carboxylic acids is 1. The van der Waals surface area contributed by atoms with Gasteiger partial charge in [0.1, 0.15) is 17.1 Å². The summed E-state index contributed by atoms with van der Waals surface area (Å²) in [6, 6.07) is 6.98. The number of rotatable bonds is 1. The molecule has 0 fully saturated rings. The van der Waals surface area contributed by atoms with Gasteiger partial charge in [0.25, 0.3) is 0 Å². The molecular formula is C26H29FN4O2. The summed E-state index contributed by atoms with van der Waals surface area (Å²) in [6.07, 6.45) is 4.29. The van der Waals surface area contributed by atoms with Crippen molar-refractivity contribution < 1.29 is 13.9 Å². The molecule has 1 unspecified atom stereocenters. The molecule has 0 aliphatic carbocycles. The number of benzene rings is 1. The Morgan fingerprint density at radius 2 is 2.03 bits per heavy atom. The first kappa shape index (κ1) is 21.5. The molecule has 2 aliphatic rings. The van der Waals surface area contributed by atoms with E-state index in [0.29, 0.717) is 19.5 Å². The topological polar surface area (TPSA) is 61.5 Å². The van der Waals surface area contributed by atoms with Crippen molar-refractivity contribution in [2.24, 2.45) is 0 Å². The van der Waals surface area contributed by atoms with Crippen LogP contribution in [0.1, 0.15) is 51.4 Å². The van der Waals surface area contributed by atoms with Crippen molar-refractivity contribution >= 4 is 28.4 Å². The molecule has 172 valence electrons. The van der Waals surface area contributed by atoms with E-state index in [1.807, 2.05) is 40.0 Å². The zero-order valence-corrected chi connectivity index (χ0v) is 19.7. The number of hydrogen-bond acceptors (Lipinski definition) is 4. The third kappa shape index (κ3) is 3.65. The number of H-pyrrole nitrogens is 1. The molecule has 5 rings (SSSR count). The molecule has 3 aromatic rings. The summed E-state index contributed by atoms with van der Waals surface area (Å²) in [5, 5.41) is 1.03. The molecule has 2 aliphatic heterocycles. The van der Waals surface area contributed by atoms with Crippen molar-refractivity contribution in [2.75, 3.05) is 25.0 Å². The Morgan fingerprint density at radius 3 is 2.73 bits per heavy atom. The van der Waals surface area contributed by atoms with Crippen molar-refractivity contribution in [3.63, 3.8) is 0 Å². The minimum absolute atomic E-state index is 0.0493. The van der Waals surface area contributed by atoms with Gasteiger partial charge in [0.2, 0.25) is 0 Å². The summed E-state index contributed by atoms with van der Waals surface area (Å²) < 4.78 is 19.7. The van der Waals surface area contributed by atoms with Crippen LogP contribution in [0.5, 0.6) is 0 Å². The fourth-order valence-corrected chi connectivity index (χ4v) is 4.86. The number of amides is 1. The van der Waals surface area contributed by atoms with Gasteiger partial charge >= 0.3 is 6.09 Å². The van der Waals surface area contributed by atoms with E-state index in [1.165, 1.54) is 6.07 Å². The Bertz CT molecular complexity index is 1290. The highest BCUT2D eigenvalue weighted by Gasteiger charge is 2.31. The average molecular weight is 449 g/mol.